The van der Waals surface area contributed by atoms with Crippen molar-refractivity contribution in [3.63, 3.8) is 0 Å². The molecule has 0 aromatic heterocycles. The van der Waals surface area contributed by atoms with Crippen molar-refractivity contribution in [2.45, 2.75) is 26.8 Å². The van der Waals surface area contributed by atoms with Crippen LogP contribution in [0.25, 0.3) is 0 Å². The molecule has 0 saturated heterocycles. The molecule has 0 unspecified atom stereocenters. The van der Waals surface area contributed by atoms with Gasteiger partial charge in [0.1, 0.15) is 5.75 Å². The summed E-state index contributed by atoms with van der Waals surface area (Å²) in [4.78, 5) is 25.6. The Labute approximate surface area is 177 Å². The maximum atomic E-state index is 12.9. The van der Waals surface area contributed by atoms with E-state index in [4.69, 9.17) is 4.74 Å². The second-order valence-corrected chi connectivity index (χ2v) is 7.02. The van der Waals surface area contributed by atoms with Crippen molar-refractivity contribution in [1.82, 2.24) is 5.32 Å². The van der Waals surface area contributed by atoms with Crippen LogP contribution in [0.2, 0.25) is 0 Å². The van der Waals surface area contributed by atoms with Gasteiger partial charge < -0.3 is 15.4 Å². The first kappa shape index (κ1) is 21.1. The predicted octanol–water partition coefficient (Wildman–Crippen LogP) is 5.14. The summed E-state index contributed by atoms with van der Waals surface area (Å²) < 4.78 is 5.53. The van der Waals surface area contributed by atoms with E-state index >= 15 is 0 Å². The Morgan fingerprint density at radius 2 is 1.63 bits per heavy atom. The lowest BCUT2D eigenvalue weighted by molar-refractivity contribution is 0.0940. The molecule has 0 heterocycles. The highest BCUT2D eigenvalue weighted by Crippen LogP contribution is 2.22. The van der Waals surface area contributed by atoms with Crippen molar-refractivity contribution in [3.05, 3.63) is 95.1 Å². The molecule has 1 atom stereocenters. The highest BCUT2D eigenvalue weighted by Gasteiger charge is 2.17. The Hall–Kier alpha value is -3.60. The molecule has 0 spiro atoms. The molecule has 2 N–H and O–H groups in total. The van der Waals surface area contributed by atoms with Gasteiger partial charge in [-0.1, -0.05) is 42.5 Å². The molecule has 154 valence electrons. The first-order chi connectivity index (χ1) is 14.5. The van der Waals surface area contributed by atoms with Gasteiger partial charge in [0, 0.05) is 5.56 Å². The van der Waals surface area contributed by atoms with E-state index in [2.05, 4.69) is 10.6 Å². The number of amides is 2. The molecule has 30 heavy (non-hydrogen) atoms. The van der Waals surface area contributed by atoms with Crippen molar-refractivity contribution < 1.29 is 14.3 Å². The molecule has 0 radical (unpaired) electrons. The number of ether oxygens (including phenoxy) is 1. The van der Waals surface area contributed by atoms with Gasteiger partial charge in [-0.2, -0.15) is 0 Å². The molecule has 0 saturated carbocycles. The molecular formula is C25H26N2O3. The van der Waals surface area contributed by atoms with E-state index in [1.807, 2.05) is 51.1 Å². The monoisotopic (exact) mass is 402 g/mol. The van der Waals surface area contributed by atoms with E-state index in [1.54, 1.807) is 42.5 Å². The van der Waals surface area contributed by atoms with Gasteiger partial charge in [0.2, 0.25) is 0 Å². The van der Waals surface area contributed by atoms with Gasteiger partial charge in [0.15, 0.2) is 0 Å². The molecule has 3 aromatic rings. The molecule has 2 amide bonds. The fourth-order valence-corrected chi connectivity index (χ4v) is 3.19. The average Bonchev–Trinajstić information content (AvgIpc) is 2.76. The third-order valence-electron chi connectivity index (χ3n) is 4.80. The SMILES string of the molecule is CCOc1ccc(C(=O)Nc2ccccc2C(=O)N[C@H](C)c2ccccc2)cc1C. The lowest BCUT2D eigenvalue weighted by Crippen LogP contribution is -2.28. The van der Waals surface area contributed by atoms with Crippen LogP contribution in [0, 0.1) is 6.92 Å². The molecule has 0 bridgehead atoms. The molecule has 0 aliphatic heterocycles. The van der Waals surface area contributed by atoms with Gasteiger partial charge in [-0.05, 0) is 62.2 Å². The number of carbonyl (C=O) groups excluding carboxylic acids is 2. The van der Waals surface area contributed by atoms with Crippen molar-refractivity contribution in [1.29, 1.82) is 0 Å². The highest BCUT2D eigenvalue weighted by atomic mass is 16.5. The van der Waals surface area contributed by atoms with Crippen LogP contribution in [0.5, 0.6) is 5.75 Å². The molecule has 0 fully saturated rings. The van der Waals surface area contributed by atoms with Gasteiger partial charge in [0.25, 0.3) is 11.8 Å². The topological polar surface area (TPSA) is 67.4 Å². The lowest BCUT2D eigenvalue weighted by Gasteiger charge is -2.16. The molecule has 3 rings (SSSR count). The van der Waals surface area contributed by atoms with Crippen LogP contribution < -0.4 is 15.4 Å². The number of hydrogen-bond acceptors (Lipinski definition) is 3. The van der Waals surface area contributed by atoms with E-state index in [1.165, 1.54) is 0 Å². The zero-order valence-electron chi connectivity index (χ0n) is 17.4. The van der Waals surface area contributed by atoms with E-state index in [9.17, 15) is 9.59 Å². The molecule has 5 nitrogen and oxygen atoms in total. The summed E-state index contributed by atoms with van der Waals surface area (Å²) in [5.74, 6) is 0.228. The molecular weight excluding hydrogens is 376 g/mol. The molecule has 5 heteroatoms. The van der Waals surface area contributed by atoms with Crippen molar-refractivity contribution in [2.75, 3.05) is 11.9 Å². The molecule has 0 aliphatic rings. The normalized spacial score (nSPS) is 11.4. The van der Waals surface area contributed by atoms with Crippen LogP contribution in [-0.2, 0) is 0 Å². The summed E-state index contributed by atoms with van der Waals surface area (Å²) in [7, 11) is 0. The van der Waals surface area contributed by atoms with Gasteiger partial charge in [-0.25, -0.2) is 0 Å². The predicted molar refractivity (Wildman–Crippen MR) is 119 cm³/mol. The summed E-state index contributed by atoms with van der Waals surface area (Å²) in [5.41, 5.74) is 3.27. The summed E-state index contributed by atoms with van der Waals surface area (Å²) in [6, 6.07) is 21.8. The van der Waals surface area contributed by atoms with Crippen LogP contribution in [0.3, 0.4) is 0 Å². The van der Waals surface area contributed by atoms with E-state index in [-0.39, 0.29) is 17.9 Å². The van der Waals surface area contributed by atoms with Gasteiger partial charge in [-0.15, -0.1) is 0 Å². The van der Waals surface area contributed by atoms with E-state index in [0.717, 1.165) is 16.9 Å². The van der Waals surface area contributed by atoms with Crippen LogP contribution in [0.1, 0.15) is 51.7 Å². The largest absolute Gasteiger partial charge is 0.494 e. The second-order valence-electron chi connectivity index (χ2n) is 7.02. The van der Waals surface area contributed by atoms with Crippen LogP contribution >= 0.6 is 0 Å². The zero-order valence-corrected chi connectivity index (χ0v) is 17.4. The minimum absolute atomic E-state index is 0.156. The fourth-order valence-electron chi connectivity index (χ4n) is 3.19. The number of para-hydroxylation sites is 1. The van der Waals surface area contributed by atoms with Gasteiger partial charge in [-0.3, -0.25) is 9.59 Å². The second kappa shape index (κ2) is 9.74. The summed E-state index contributed by atoms with van der Waals surface area (Å²) >= 11 is 0. The number of rotatable bonds is 7. The summed E-state index contributed by atoms with van der Waals surface area (Å²) in [5, 5.41) is 5.85. The zero-order chi connectivity index (χ0) is 21.5. The molecule has 0 aliphatic carbocycles. The lowest BCUT2D eigenvalue weighted by atomic mass is 10.1. The van der Waals surface area contributed by atoms with Crippen LogP contribution in [-0.4, -0.2) is 18.4 Å². The fraction of sp³-hybridized carbons (Fsp3) is 0.200. The maximum absolute atomic E-state index is 12.9. The Kier molecular flexibility index (Phi) is 6.86. The first-order valence-corrected chi connectivity index (χ1v) is 9.99. The van der Waals surface area contributed by atoms with Crippen LogP contribution in [0.15, 0.2) is 72.8 Å². The third kappa shape index (κ3) is 5.06. The number of aryl methyl sites for hydroxylation is 1. The third-order valence-corrected chi connectivity index (χ3v) is 4.80. The number of carbonyl (C=O) groups is 2. The number of nitrogens with one attached hydrogen (secondary N) is 2. The highest BCUT2D eigenvalue weighted by molar-refractivity contribution is 6.09. The maximum Gasteiger partial charge on any atom is 0.255 e. The van der Waals surface area contributed by atoms with Crippen LogP contribution in [0.4, 0.5) is 5.69 Å². The smallest absolute Gasteiger partial charge is 0.255 e. The van der Waals surface area contributed by atoms with E-state index < -0.39 is 0 Å². The first-order valence-electron chi connectivity index (χ1n) is 9.99. The molecule has 3 aromatic carbocycles. The quantitative estimate of drug-likeness (QED) is 0.575. The van der Waals surface area contributed by atoms with E-state index in [0.29, 0.717) is 23.4 Å². The summed E-state index contributed by atoms with van der Waals surface area (Å²) in [6.45, 7) is 6.31. The Bertz CT molecular complexity index is 1030. The average molecular weight is 402 g/mol. The number of benzene rings is 3. The minimum atomic E-state index is -0.280. The minimum Gasteiger partial charge on any atom is -0.494 e. The number of hydrogen-bond donors (Lipinski definition) is 2. The Morgan fingerprint density at radius 1 is 0.933 bits per heavy atom. The van der Waals surface area contributed by atoms with Crippen molar-refractivity contribution >= 4 is 17.5 Å². The van der Waals surface area contributed by atoms with Gasteiger partial charge >= 0.3 is 0 Å². The number of anilines is 1. The summed E-state index contributed by atoms with van der Waals surface area (Å²) in [6.07, 6.45) is 0. The standard InChI is InChI=1S/C25H26N2O3/c1-4-30-23-15-14-20(16-17(23)2)24(28)27-22-13-9-8-12-21(22)25(29)26-18(3)19-10-6-5-7-11-19/h5-16,18H,4H2,1-3H3,(H,26,29)(H,27,28)/t18-/m1/s1. The van der Waals surface area contributed by atoms with Crippen molar-refractivity contribution in [3.8, 4) is 5.75 Å². The Balaban J connectivity index is 1.75. The van der Waals surface area contributed by atoms with Gasteiger partial charge in [0.05, 0.1) is 23.9 Å². The Morgan fingerprint density at radius 3 is 2.33 bits per heavy atom. The van der Waals surface area contributed by atoms with Crippen molar-refractivity contribution in [2.24, 2.45) is 0 Å².